The zero-order valence-corrected chi connectivity index (χ0v) is 18.5. The predicted molar refractivity (Wildman–Crippen MR) is 126 cm³/mol. The molecule has 0 saturated carbocycles. The second-order valence-corrected chi connectivity index (χ2v) is 7.89. The Morgan fingerprint density at radius 1 is 0.909 bits per heavy atom. The number of aryl methyl sites for hydroxylation is 2. The first-order valence-corrected chi connectivity index (χ1v) is 10.4. The number of benzene rings is 3. The fourth-order valence-electron chi connectivity index (χ4n) is 3.54. The van der Waals surface area contributed by atoms with Crippen LogP contribution in [-0.2, 0) is 9.59 Å². The van der Waals surface area contributed by atoms with Crippen molar-refractivity contribution >= 4 is 46.4 Å². The Bertz CT molecular complexity index is 1320. The molecule has 0 radical (unpaired) electrons. The molecule has 3 aromatic carbocycles. The van der Waals surface area contributed by atoms with Gasteiger partial charge in [-0.05, 0) is 55.3 Å². The summed E-state index contributed by atoms with van der Waals surface area (Å²) in [6.07, 6.45) is 0. The molecule has 1 aliphatic rings. The van der Waals surface area contributed by atoms with Gasteiger partial charge in [0.15, 0.2) is 0 Å². The number of amides is 3. The Balaban J connectivity index is 1.57. The number of para-hydroxylation sites is 2. The summed E-state index contributed by atoms with van der Waals surface area (Å²) in [5.41, 5.74) is 2.90. The molecular weight excluding hydrogens is 445 g/mol. The van der Waals surface area contributed by atoms with Crippen LogP contribution >= 0.6 is 11.6 Å². The average molecular weight is 464 g/mol. The van der Waals surface area contributed by atoms with Gasteiger partial charge in [-0.1, -0.05) is 48.0 Å². The zero-order chi connectivity index (χ0) is 23.7. The number of carbonyl (C=O) groups excluding carboxylic acids is 3. The van der Waals surface area contributed by atoms with Gasteiger partial charge in [-0.2, -0.15) is 0 Å². The summed E-state index contributed by atoms with van der Waals surface area (Å²) in [5.74, 6) is -2.69. The molecule has 0 fully saturated rings. The second-order valence-electron chi connectivity index (χ2n) is 7.51. The number of nitrogens with one attached hydrogen (secondary N) is 2. The molecule has 33 heavy (non-hydrogen) atoms. The van der Waals surface area contributed by atoms with Gasteiger partial charge in [0.05, 0.1) is 5.69 Å². The van der Waals surface area contributed by atoms with Crippen LogP contribution in [0.2, 0.25) is 0 Å². The molecule has 1 heterocycles. The number of carbonyl (C=O) groups is 3. The number of halogens is 2. The van der Waals surface area contributed by atoms with Gasteiger partial charge in [-0.15, -0.1) is 0 Å². The van der Waals surface area contributed by atoms with E-state index in [1.54, 1.807) is 18.2 Å². The zero-order valence-electron chi connectivity index (χ0n) is 17.8. The van der Waals surface area contributed by atoms with E-state index in [1.807, 2.05) is 32.0 Å². The molecule has 0 bridgehead atoms. The molecule has 8 heteroatoms. The molecular formula is C25H19ClFN3O3. The predicted octanol–water partition coefficient (Wildman–Crippen LogP) is 5.13. The van der Waals surface area contributed by atoms with Crippen molar-refractivity contribution in [3.63, 3.8) is 0 Å². The average Bonchev–Trinajstić information content (AvgIpc) is 3.00. The van der Waals surface area contributed by atoms with Gasteiger partial charge in [0.2, 0.25) is 0 Å². The number of rotatable bonds is 5. The molecule has 3 amide bonds. The van der Waals surface area contributed by atoms with E-state index in [1.165, 1.54) is 24.3 Å². The molecule has 0 aromatic heterocycles. The lowest BCUT2D eigenvalue weighted by Gasteiger charge is -2.16. The normalized spacial score (nSPS) is 13.5. The number of anilines is 3. The quantitative estimate of drug-likeness (QED) is 0.514. The van der Waals surface area contributed by atoms with Crippen molar-refractivity contribution < 1.29 is 18.8 Å². The molecule has 166 valence electrons. The summed E-state index contributed by atoms with van der Waals surface area (Å²) in [4.78, 5) is 38.9. The van der Waals surface area contributed by atoms with Gasteiger partial charge in [-0.3, -0.25) is 14.4 Å². The molecule has 3 aromatic rings. The Hall–Kier alpha value is -3.97. The Labute approximate surface area is 194 Å². The van der Waals surface area contributed by atoms with Crippen LogP contribution in [0.5, 0.6) is 0 Å². The van der Waals surface area contributed by atoms with E-state index in [4.69, 9.17) is 11.6 Å². The van der Waals surface area contributed by atoms with Gasteiger partial charge in [0.1, 0.15) is 16.5 Å². The van der Waals surface area contributed by atoms with Crippen molar-refractivity contribution in [2.45, 2.75) is 13.8 Å². The van der Waals surface area contributed by atoms with Gasteiger partial charge in [0.25, 0.3) is 17.7 Å². The number of hydrogen-bond donors (Lipinski definition) is 2. The molecule has 2 N–H and O–H groups in total. The van der Waals surface area contributed by atoms with Gasteiger partial charge in [-0.25, -0.2) is 9.29 Å². The van der Waals surface area contributed by atoms with E-state index in [0.717, 1.165) is 22.9 Å². The van der Waals surface area contributed by atoms with Gasteiger partial charge >= 0.3 is 0 Å². The summed E-state index contributed by atoms with van der Waals surface area (Å²) in [5, 5.41) is 5.34. The first-order valence-electron chi connectivity index (χ1n) is 10.1. The van der Waals surface area contributed by atoms with Crippen LogP contribution in [-0.4, -0.2) is 17.7 Å². The highest BCUT2D eigenvalue weighted by Gasteiger charge is 2.40. The molecule has 0 atom stereocenters. The Morgan fingerprint density at radius 2 is 1.58 bits per heavy atom. The molecule has 0 aliphatic carbocycles. The van der Waals surface area contributed by atoms with E-state index >= 15 is 0 Å². The molecule has 1 aliphatic heterocycles. The highest BCUT2D eigenvalue weighted by molar-refractivity contribution is 6.53. The van der Waals surface area contributed by atoms with Crippen LogP contribution in [0.25, 0.3) is 0 Å². The van der Waals surface area contributed by atoms with Crippen LogP contribution in [0.4, 0.5) is 21.5 Å². The highest BCUT2D eigenvalue weighted by atomic mass is 35.5. The van der Waals surface area contributed by atoms with E-state index in [9.17, 15) is 18.8 Å². The molecule has 0 saturated heterocycles. The van der Waals surface area contributed by atoms with Crippen molar-refractivity contribution in [1.29, 1.82) is 0 Å². The second kappa shape index (κ2) is 8.88. The first kappa shape index (κ1) is 22.2. The lowest BCUT2D eigenvalue weighted by Crippen LogP contribution is -2.33. The Morgan fingerprint density at radius 3 is 2.27 bits per heavy atom. The van der Waals surface area contributed by atoms with E-state index < -0.39 is 17.6 Å². The lowest BCUT2D eigenvalue weighted by molar-refractivity contribution is -0.120. The summed E-state index contributed by atoms with van der Waals surface area (Å²) in [7, 11) is 0. The van der Waals surface area contributed by atoms with Gasteiger partial charge in [0, 0.05) is 16.9 Å². The third kappa shape index (κ3) is 4.23. The van der Waals surface area contributed by atoms with Crippen molar-refractivity contribution in [2.75, 3.05) is 15.5 Å². The third-order valence-electron chi connectivity index (χ3n) is 5.23. The Kier molecular flexibility index (Phi) is 5.98. The number of nitrogens with zero attached hydrogens (tertiary/aromatic N) is 1. The molecule has 6 nitrogen and oxygen atoms in total. The summed E-state index contributed by atoms with van der Waals surface area (Å²) in [6.45, 7) is 3.80. The van der Waals surface area contributed by atoms with Crippen LogP contribution in [0, 0.1) is 19.7 Å². The fraction of sp³-hybridized carbons (Fsp3) is 0.0800. The van der Waals surface area contributed by atoms with Crippen LogP contribution < -0.4 is 15.5 Å². The number of imide groups is 1. The minimum atomic E-state index is -0.835. The fourth-order valence-corrected chi connectivity index (χ4v) is 3.76. The monoisotopic (exact) mass is 463 g/mol. The van der Waals surface area contributed by atoms with E-state index in [2.05, 4.69) is 10.6 Å². The summed E-state index contributed by atoms with van der Waals surface area (Å²) >= 11 is 6.12. The lowest BCUT2D eigenvalue weighted by atomic mass is 10.1. The SMILES string of the molecule is Cc1cccc(C)c1NC(=O)c1cccc(NC2=C(Cl)C(=O)N(c3ccccc3F)C2=O)c1. The summed E-state index contributed by atoms with van der Waals surface area (Å²) < 4.78 is 14.2. The summed E-state index contributed by atoms with van der Waals surface area (Å²) in [6, 6.07) is 17.5. The highest BCUT2D eigenvalue weighted by Crippen LogP contribution is 2.31. The number of hydrogen-bond acceptors (Lipinski definition) is 4. The van der Waals surface area contributed by atoms with Crippen LogP contribution in [0.15, 0.2) is 77.5 Å². The van der Waals surface area contributed by atoms with Crippen molar-refractivity contribution in [3.8, 4) is 0 Å². The maximum atomic E-state index is 14.2. The molecule has 4 rings (SSSR count). The van der Waals surface area contributed by atoms with Crippen molar-refractivity contribution in [2.24, 2.45) is 0 Å². The maximum Gasteiger partial charge on any atom is 0.283 e. The van der Waals surface area contributed by atoms with Crippen LogP contribution in [0.3, 0.4) is 0 Å². The van der Waals surface area contributed by atoms with Crippen molar-refractivity contribution in [1.82, 2.24) is 0 Å². The standard InChI is InChI=1S/C25H19ClFN3O3/c1-14-7-5-8-15(2)21(14)29-23(31)16-9-6-10-17(13-16)28-22-20(26)24(32)30(25(22)33)19-12-4-3-11-18(19)27/h3-13,28H,1-2H3,(H,29,31). The van der Waals surface area contributed by atoms with E-state index in [0.29, 0.717) is 16.2 Å². The van der Waals surface area contributed by atoms with Gasteiger partial charge < -0.3 is 10.6 Å². The van der Waals surface area contributed by atoms with Crippen molar-refractivity contribution in [3.05, 3.63) is 100.0 Å². The maximum absolute atomic E-state index is 14.2. The third-order valence-corrected chi connectivity index (χ3v) is 5.59. The topological polar surface area (TPSA) is 78.5 Å². The van der Waals surface area contributed by atoms with E-state index in [-0.39, 0.29) is 22.3 Å². The minimum Gasteiger partial charge on any atom is -0.350 e. The molecule has 0 unspecified atom stereocenters. The smallest absolute Gasteiger partial charge is 0.283 e. The van der Waals surface area contributed by atoms with Crippen LogP contribution in [0.1, 0.15) is 21.5 Å². The largest absolute Gasteiger partial charge is 0.350 e. The first-order chi connectivity index (χ1) is 15.8. The minimum absolute atomic E-state index is 0.191. The molecule has 0 spiro atoms.